The lowest BCUT2D eigenvalue weighted by molar-refractivity contribution is -0.274. The minimum Gasteiger partial charge on any atom is -0.478 e. The number of fused-ring (bicyclic) bond motifs is 1. The molecule has 1 atom stereocenters. The van der Waals surface area contributed by atoms with Crippen LogP contribution in [0.15, 0.2) is 17.7 Å². The molecule has 1 N–H and O–H groups in total. The largest absolute Gasteiger partial charge is 0.573 e. The lowest BCUT2D eigenvalue weighted by Crippen LogP contribution is -2.40. The van der Waals surface area contributed by atoms with Gasteiger partial charge in [-0.25, -0.2) is 4.79 Å². The number of halogens is 6. The Morgan fingerprint density at radius 2 is 1.96 bits per heavy atom. The van der Waals surface area contributed by atoms with Crippen molar-refractivity contribution < 1.29 is 49.8 Å². The fourth-order valence-corrected chi connectivity index (χ4v) is 1.90. The molecule has 0 aromatic heterocycles. The predicted molar refractivity (Wildman–Crippen MR) is 63.9 cm³/mol. The number of rotatable bonds is 2. The summed E-state index contributed by atoms with van der Waals surface area (Å²) in [5.74, 6) is -3.97. The summed E-state index contributed by atoms with van der Waals surface area (Å²) >= 11 is 0. The zero-order valence-electron chi connectivity index (χ0n) is 13.7. The fraction of sp³-hybridized carbons (Fsp3) is 0.308. The van der Waals surface area contributed by atoms with Crippen LogP contribution in [0.2, 0.25) is 0 Å². The third-order valence-electron chi connectivity index (χ3n) is 2.70. The van der Waals surface area contributed by atoms with Crippen molar-refractivity contribution in [2.45, 2.75) is 25.5 Å². The average molecular weight is 345 g/mol. The quantitative estimate of drug-likeness (QED) is 0.831. The molecule has 10 heteroatoms. The van der Waals surface area contributed by atoms with E-state index in [1.807, 2.05) is 0 Å². The van der Waals surface area contributed by atoms with Crippen LogP contribution in [0.5, 0.6) is 11.5 Å². The average Bonchev–Trinajstić information content (AvgIpc) is 2.41. The van der Waals surface area contributed by atoms with Crippen LogP contribution >= 0.6 is 0 Å². The number of benzene rings is 1. The molecule has 0 amide bonds. The Bertz CT molecular complexity index is 767. The predicted octanol–water partition coefficient (Wildman–Crippen LogP) is 3.68. The summed E-state index contributed by atoms with van der Waals surface area (Å²) in [5, 5.41) is 8.91. The number of carboxylic acid groups (broad SMARTS) is 1. The summed E-state index contributed by atoms with van der Waals surface area (Å²) in [4.78, 5) is 11.0. The zero-order valence-corrected chi connectivity index (χ0v) is 10.7. The Hall–Kier alpha value is -2.39. The molecule has 0 fully saturated rings. The van der Waals surface area contributed by atoms with E-state index in [1.165, 1.54) is 0 Å². The number of carbonyl (C=O) groups is 1. The first-order chi connectivity index (χ1) is 11.6. The molecule has 0 saturated heterocycles. The summed E-state index contributed by atoms with van der Waals surface area (Å²) in [5.41, 5.74) is -2.90. The molecule has 0 saturated carbocycles. The van der Waals surface area contributed by atoms with Crippen LogP contribution in [0.1, 0.15) is 15.2 Å². The zero-order chi connectivity index (χ0) is 20.1. The summed E-state index contributed by atoms with van der Waals surface area (Å²) in [7, 11) is 0. The van der Waals surface area contributed by atoms with Crippen molar-refractivity contribution in [2.75, 3.05) is 0 Å². The highest BCUT2D eigenvalue weighted by atomic mass is 19.4. The van der Waals surface area contributed by atoms with E-state index in [9.17, 15) is 31.1 Å². The van der Waals surface area contributed by atoms with Gasteiger partial charge in [-0.3, -0.25) is 0 Å². The summed E-state index contributed by atoms with van der Waals surface area (Å²) in [6.07, 6.45) is -13.0. The topological polar surface area (TPSA) is 55.8 Å². The van der Waals surface area contributed by atoms with Gasteiger partial charge in [0.15, 0.2) is 0 Å². The molecule has 1 aromatic rings. The number of hydrogen-bond acceptors (Lipinski definition) is 3. The second kappa shape index (κ2) is 5.36. The fourth-order valence-electron chi connectivity index (χ4n) is 1.90. The van der Waals surface area contributed by atoms with Crippen LogP contribution in [-0.2, 0) is 4.79 Å². The SMILES string of the molecule is [2H]C([2H])([2H])c1cc(OC(F)(F)F)cc2c1O[C@H](C(F)(F)F)C(C(=O)O)=C2. The molecular weight excluding hydrogens is 334 g/mol. The van der Waals surface area contributed by atoms with Gasteiger partial charge in [0.1, 0.15) is 11.5 Å². The normalized spacial score (nSPS) is 20.3. The number of aliphatic carboxylic acids is 1. The van der Waals surface area contributed by atoms with Crippen molar-refractivity contribution in [2.24, 2.45) is 0 Å². The van der Waals surface area contributed by atoms with Gasteiger partial charge in [0.05, 0.1) is 5.57 Å². The molecule has 0 bridgehead atoms. The molecule has 2 rings (SSSR count). The summed E-state index contributed by atoms with van der Waals surface area (Å²) in [6, 6.07) is 0.903. The van der Waals surface area contributed by atoms with Gasteiger partial charge in [0.25, 0.3) is 0 Å². The lowest BCUT2D eigenvalue weighted by Gasteiger charge is -2.28. The smallest absolute Gasteiger partial charge is 0.478 e. The van der Waals surface area contributed by atoms with Crippen molar-refractivity contribution in [1.82, 2.24) is 0 Å². The van der Waals surface area contributed by atoms with Crippen molar-refractivity contribution in [3.63, 3.8) is 0 Å². The second-order valence-electron chi connectivity index (χ2n) is 4.38. The van der Waals surface area contributed by atoms with Gasteiger partial charge in [-0.1, -0.05) is 0 Å². The number of hydrogen-bond donors (Lipinski definition) is 1. The molecule has 1 aliphatic heterocycles. The molecule has 0 spiro atoms. The van der Waals surface area contributed by atoms with Crippen LogP contribution in [0.4, 0.5) is 26.3 Å². The highest BCUT2D eigenvalue weighted by Gasteiger charge is 2.48. The maximum absolute atomic E-state index is 13.0. The van der Waals surface area contributed by atoms with Crippen LogP contribution in [0.25, 0.3) is 6.08 Å². The van der Waals surface area contributed by atoms with Gasteiger partial charge in [-0.05, 0) is 30.6 Å². The Balaban J connectivity index is 2.71. The molecule has 0 radical (unpaired) electrons. The van der Waals surface area contributed by atoms with Crippen molar-refractivity contribution in [1.29, 1.82) is 0 Å². The molecule has 1 aromatic carbocycles. The monoisotopic (exact) mass is 345 g/mol. The minimum atomic E-state index is -5.20. The number of alkyl halides is 6. The van der Waals surface area contributed by atoms with Gasteiger partial charge in [-0.15, -0.1) is 13.2 Å². The first-order valence-electron chi connectivity index (χ1n) is 7.22. The minimum absolute atomic E-state index is 0.367. The molecule has 23 heavy (non-hydrogen) atoms. The third-order valence-corrected chi connectivity index (χ3v) is 2.70. The van der Waals surface area contributed by atoms with Crippen LogP contribution in [-0.4, -0.2) is 29.7 Å². The van der Waals surface area contributed by atoms with Crippen LogP contribution in [0, 0.1) is 6.85 Å². The molecular formula is C13H8F6O4. The first-order valence-corrected chi connectivity index (χ1v) is 5.72. The maximum atomic E-state index is 13.0. The summed E-state index contributed by atoms with van der Waals surface area (Å²) in [6.45, 7) is -3.15. The van der Waals surface area contributed by atoms with E-state index in [1.54, 1.807) is 0 Å². The highest BCUT2D eigenvalue weighted by Crippen LogP contribution is 2.41. The molecule has 0 unspecified atom stereocenters. The van der Waals surface area contributed by atoms with Crippen molar-refractivity contribution in [3.8, 4) is 11.5 Å². The lowest BCUT2D eigenvalue weighted by atomic mass is 9.99. The van der Waals surface area contributed by atoms with Gasteiger partial charge in [-0.2, -0.15) is 13.2 Å². The van der Waals surface area contributed by atoms with E-state index in [2.05, 4.69) is 9.47 Å². The Morgan fingerprint density at radius 1 is 1.30 bits per heavy atom. The van der Waals surface area contributed by atoms with E-state index in [0.717, 1.165) is 0 Å². The van der Waals surface area contributed by atoms with Crippen LogP contribution in [0.3, 0.4) is 0 Å². The molecule has 1 aliphatic rings. The number of carboxylic acids is 1. The number of aryl methyl sites for hydroxylation is 1. The molecule has 4 nitrogen and oxygen atoms in total. The van der Waals surface area contributed by atoms with Crippen molar-refractivity contribution in [3.05, 3.63) is 28.8 Å². The first kappa shape index (κ1) is 13.1. The summed E-state index contributed by atoms with van der Waals surface area (Å²) < 4.78 is 106. The van der Waals surface area contributed by atoms with Gasteiger partial charge in [0, 0.05) is 9.68 Å². The second-order valence-corrected chi connectivity index (χ2v) is 4.38. The maximum Gasteiger partial charge on any atom is 0.573 e. The Labute approximate surface area is 129 Å². The highest BCUT2D eigenvalue weighted by molar-refractivity contribution is 5.95. The van der Waals surface area contributed by atoms with E-state index < -0.39 is 59.7 Å². The Kier molecular flexibility index (Phi) is 3.05. The standard InChI is InChI=1S/C13H8F6O4/c1-5-2-7(23-13(17,18)19)3-6-4-8(11(20)21)10(12(14,15)16)22-9(5)6/h2-4,10H,1H3,(H,20,21)/t10-/m0/s1/i1D3. The molecule has 126 valence electrons. The Morgan fingerprint density at radius 3 is 2.43 bits per heavy atom. The van der Waals surface area contributed by atoms with E-state index in [0.29, 0.717) is 18.2 Å². The van der Waals surface area contributed by atoms with Gasteiger partial charge in [0.2, 0.25) is 6.10 Å². The third kappa shape index (κ3) is 3.69. The van der Waals surface area contributed by atoms with Gasteiger partial charge >= 0.3 is 18.5 Å². The molecule has 0 aliphatic carbocycles. The van der Waals surface area contributed by atoms with E-state index in [4.69, 9.17) is 9.22 Å². The van der Waals surface area contributed by atoms with Crippen molar-refractivity contribution >= 4 is 12.0 Å². The van der Waals surface area contributed by atoms with E-state index in [-0.39, 0.29) is 0 Å². The van der Waals surface area contributed by atoms with E-state index >= 15 is 0 Å². The van der Waals surface area contributed by atoms with Crippen LogP contribution < -0.4 is 9.47 Å². The van der Waals surface area contributed by atoms with Gasteiger partial charge < -0.3 is 14.6 Å². The number of ether oxygens (including phenoxy) is 2. The molecule has 1 heterocycles.